The van der Waals surface area contributed by atoms with Crippen molar-refractivity contribution < 1.29 is 25.8 Å². The Bertz CT molecular complexity index is 3590. The third kappa shape index (κ3) is 11.2. The Morgan fingerprint density at radius 2 is 1.13 bits per heavy atom. The van der Waals surface area contributed by atoms with Gasteiger partial charge in [-0.05, 0) is 103 Å². The van der Waals surface area contributed by atoms with E-state index in [0.717, 1.165) is 74.5 Å². The average Bonchev–Trinajstić information content (AvgIpc) is 3.90. The fourth-order valence-electron chi connectivity index (χ4n) is 10.6. The molecule has 7 aromatic carbocycles. The molecule has 0 aliphatic carbocycles. The minimum atomic E-state index is -0.0541. The number of hydrogen-bond donors (Lipinski definition) is 0. The molecule has 0 saturated heterocycles. The minimum Gasteiger partial charge on any atom is -0.509 e. The quantitative estimate of drug-likeness (QED) is 0.135. The standard InChI is InChI=1S/C70H75N4O.Pt/c1-66(2,3)43-46-29-34-59-57(37-46)58-39-49(44-67(4,5)6)63(42-62(58)74(59)64-40-52(35-36-71-64)70(13,14)15)75-54-24-19-23-53(41-54)72-45-73(61-28-17-16-27-60(61)72)65-55(47-30-32-50(33-31-47)68(7,8)9)25-20-26-56(65)48-21-18-22-51(38-48)69(10,11)12;/h16-40,45H,43-44H2,1-15H3;/q-3;. The van der Waals surface area contributed by atoms with E-state index in [9.17, 15) is 0 Å². The van der Waals surface area contributed by atoms with Crippen molar-refractivity contribution in [3.8, 4) is 39.6 Å². The molecule has 0 fully saturated rings. The van der Waals surface area contributed by atoms with Gasteiger partial charge in [-0.1, -0.05) is 207 Å². The molecule has 0 N–H and O–H groups in total. The van der Waals surface area contributed by atoms with Crippen molar-refractivity contribution in [1.29, 1.82) is 0 Å². The molecule has 5 nitrogen and oxygen atoms in total. The Labute approximate surface area is 468 Å². The number of fused-ring (bicyclic) bond motifs is 4. The van der Waals surface area contributed by atoms with Crippen molar-refractivity contribution in [3.63, 3.8) is 0 Å². The molecule has 394 valence electrons. The average molecular weight is 1180 g/mol. The van der Waals surface area contributed by atoms with Crippen LogP contribution in [0, 0.1) is 29.6 Å². The molecule has 10 rings (SSSR count). The molecule has 0 spiro atoms. The van der Waals surface area contributed by atoms with Gasteiger partial charge in [-0.25, -0.2) is 4.98 Å². The number of anilines is 4. The summed E-state index contributed by atoms with van der Waals surface area (Å²) in [7, 11) is 0. The maximum atomic E-state index is 7.14. The van der Waals surface area contributed by atoms with E-state index in [0.29, 0.717) is 11.5 Å². The zero-order valence-electron chi connectivity index (χ0n) is 47.4. The van der Waals surface area contributed by atoms with Crippen LogP contribution in [0.4, 0.5) is 22.7 Å². The molecule has 0 unspecified atom stereocenters. The van der Waals surface area contributed by atoms with Crippen molar-refractivity contribution in [2.45, 2.75) is 133 Å². The van der Waals surface area contributed by atoms with Crippen LogP contribution in [0.15, 0.2) is 152 Å². The minimum absolute atomic E-state index is 0. The van der Waals surface area contributed by atoms with Crippen molar-refractivity contribution in [2.24, 2.45) is 10.8 Å². The van der Waals surface area contributed by atoms with E-state index in [-0.39, 0.29) is 48.1 Å². The Kier molecular flexibility index (Phi) is 14.4. The maximum absolute atomic E-state index is 7.14. The Morgan fingerprint density at radius 1 is 0.513 bits per heavy atom. The normalized spacial score (nSPS) is 13.4. The van der Waals surface area contributed by atoms with Crippen molar-refractivity contribution in [1.82, 2.24) is 9.55 Å². The largest absolute Gasteiger partial charge is 0.509 e. The van der Waals surface area contributed by atoms with Crippen LogP contribution < -0.4 is 14.5 Å². The van der Waals surface area contributed by atoms with E-state index < -0.39 is 0 Å². The molecule has 0 amide bonds. The zero-order chi connectivity index (χ0) is 53.4. The van der Waals surface area contributed by atoms with Gasteiger partial charge in [0.15, 0.2) is 0 Å². The number of rotatable bonds is 9. The molecule has 0 atom stereocenters. The second-order valence-corrected chi connectivity index (χ2v) is 26.4. The molecule has 2 aromatic heterocycles. The summed E-state index contributed by atoms with van der Waals surface area (Å²) in [4.78, 5) is 9.65. The van der Waals surface area contributed by atoms with Gasteiger partial charge in [-0.15, -0.1) is 47.6 Å². The SMILES string of the molecule is CC(C)(C)Cc1ccc2c(c1)c1cc(CC(C)(C)C)c(Oc3[c-]c(N4[CH-]N(c5c(-c6ccc(C(C)(C)C)cc6)cccc5-c5cccc(C(C)(C)C)c5)c5ccccc54)ccc3)[c-]c1n2-c1cc(C(C)(C)C)ccn1.[Pt]. The molecule has 0 radical (unpaired) electrons. The van der Waals surface area contributed by atoms with Crippen molar-refractivity contribution in [3.05, 3.63) is 198 Å². The van der Waals surface area contributed by atoms with Gasteiger partial charge < -0.3 is 19.1 Å². The summed E-state index contributed by atoms with van der Waals surface area (Å²) in [6.45, 7) is 36.5. The maximum Gasteiger partial charge on any atom is 0.135 e. The van der Waals surface area contributed by atoms with Gasteiger partial charge in [0, 0.05) is 72.5 Å². The first kappa shape index (κ1) is 54.4. The topological polar surface area (TPSA) is 33.5 Å². The van der Waals surface area contributed by atoms with E-state index in [4.69, 9.17) is 9.72 Å². The fourth-order valence-corrected chi connectivity index (χ4v) is 10.6. The summed E-state index contributed by atoms with van der Waals surface area (Å²) in [6, 6.07) is 61.2. The van der Waals surface area contributed by atoms with E-state index >= 15 is 0 Å². The summed E-state index contributed by atoms with van der Waals surface area (Å²) in [5.74, 6) is 2.18. The third-order valence-corrected chi connectivity index (χ3v) is 14.4. The number of para-hydroxylation sites is 3. The van der Waals surface area contributed by atoms with Crippen molar-refractivity contribution >= 4 is 44.6 Å². The predicted molar refractivity (Wildman–Crippen MR) is 318 cm³/mol. The molecule has 3 heterocycles. The second-order valence-electron chi connectivity index (χ2n) is 26.4. The van der Waals surface area contributed by atoms with Gasteiger partial charge in [0.25, 0.3) is 0 Å². The van der Waals surface area contributed by atoms with Crippen LogP contribution >= 0.6 is 0 Å². The Morgan fingerprint density at radius 3 is 1.79 bits per heavy atom. The predicted octanol–water partition coefficient (Wildman–Crippen LogP) is 19.4. The number of hydrogen-bond acceptors (Lipinski definition) is 4. The first-order chi connectivity index (χ1) is 35.3. The number of aromatic nitrogens is 2. The van der Waals surface area contributed by atoms with Crippen LogP contribution in [0.2, 0.25) is 0 Å². The molecular formula is C70H75N4OPt-3. The summed E-state index contributed by atoms with van der Waals surface area (Å²) >= 11 is 0. The van der Waals surface area contributed by atoms with Crippen LogP contribution in [0.25, 0.3) is 49.9 Å². The third-order valence-electron chi connectivity index (χ3n) is 14.4. The summed E-state index contributed by atoms with van der Waals surface area (Å²) < 4.78 is 9.43. The molecule has 76 heavy (non-hydrogen) atoms. The fraction of sp³-hybridized carbons (Fsp3) is 0.314. The number of benzene rings is 7. The second kappa shape index (κ2) is 20.2. The Hall–Kier alpha value is -6.42. The molecule has 6 heteroatoms. The molecular weight excluding hydrogens is 1110 g/mol. The smallest absolute Gasteiger partial charge is 0.135 e. The van der Waals surface area contributed by atoms with Crippen molar-refractivity contribution in [2.75, 3.05) is 9.80 Å². The van der Waals surface area contributed by atoms with Crippen LogP contribution in [-0.4, -0.2) is 9.55 Å². The summed E-state index contributed by atoms with van der Waals surface area (Å²) in [5, 5.41) is 2.34. The number of nitrogens with zero attached hydrogens (tertiary/aromatic N) is 4. The van der Waals surface area contributed by atoms with Crippen LogP contribution in [-0.2, 0) is 50.2 Å². The van der Waals surface area contributed by atoms with Gasteiger partial charge in [-0.2, -0.15) is 12.1 Å². The Balaban J connectivity index is 0.00000706. The van der Waals surface area contributed by atoms with Crippen LogP contribution in [0.3, 0.4) is 0 Å². The zero-order valence-corrected chi connectivity index (χ0v) is 49.7. The van der Waals surface area contributed by atoms with E-state index in [1.54, 1.807) is 0 Å². The first-order valence-electron chi connectivity index (χ1n) is 26.9. The number of pyridine rings is 1. The van der Waals surface area contributed by atoms with Gasteiger partial charge in [0.1, 0.15) is 5.82 Å². The monoisotopic (exact) mass is 1180 g/mol. The van der Waals surface area contributed by atoms with Gasteiger partial charge in [0.05, 0.1) is 0 Å². The van der Waals surface area contributed by atoms with E-state index in [2.05, 4.69) is 277 Å². The van der Waals surface area contributed by atoms with E-state index in [1.807, 2.05) is 12.3 Å². The summed E-state index contributed by atoms with van der Waals surface area (Å²) in [6.07, 6.45) is 3.71. The summed E-state index contributed by atoms with van der Waals surface area (Å²) in [5.41, 5.74) is 17.2. The molecule has 9 aromatic rings. The van der Waals surface area contributed by atoms with E-state index in [1.165, 1.54) is 38.8 Å². The van der Waals surface area contributed by atoms with Crippen LogP contribution in [0.5, 0.6) is 11.5 Å². The molecule has 0 saturated carbocycles. The van der Waals surface area contributed by atoms with Crippen LogP contribution in [0.1, 0.15) is 132 Å². The molecule has 1 aliphatic rings. The first-order valence-corrected chi connectivity index (χ1v) is 26.9. The molecule has 1 aliphatic heterocycles. The number of ether oxygens (including phenoxy) is 1. The van der Waals surface area contributed by atoms with Gasteiger partial charge >= 0.3 is 0 Å². The van der Waals surface area contributed by atoms with Gasteiger partial charge in [0.2, 0.25) is 0 Å². The van der Waals surface area contributed by atoms with Gasteiger partial charge in [-0.3, -0.25) is 0 Å². The molecule has 0 bridgehead atoms.